The molecule has 0 aliphatic carbocycles. The van der Waals surface area contributed by atoms with Gasteiger partial charge in [-0.2, -0.15) is 0 Å². The molecule has 0 saturated heterocycles. The number of hydrogen-bond donors (Lipinski definition) is 1. The molecule has 1 aromatic rings. The Labute approximate surface area is 113 Å². The van der Waals surface area contributed by atoms with Crippen LogP contribution in [0.15, 0.2) is 6.07 Å². The first-order valence-electron chi connectivity index (χ1n) is 5.67. The van der Waals surface area contributed by atoms with E-state index in [2.05, 4.69) is 0 Å². The minimum atomic E-state index is 0.518. The van der Waals surface area contributed by atoms with Crippen molar-refractivity contribution in [2.75, 3.05) is 6.61 Å². The average molecular weight is 272 g/mol. The molecule has 0 saturated carbocycles. The second-order valence-electron chi connectivity index (χ2n) is 4.01. The summed E-state index contributed by atoms with van der Waals surface area (Å²) in [6, 6.07) is 1.94. The minimum absolute atomic E-state index is 0.518. The van der Waals surface area contributed by atoms with E-state index >= 15 is 0 Å². The zero-order chi connectivity index (χ0) is 13.0. The molecule has 2 nitrogen and oxygen atoms in total. The SMILES string of the molecule is CCOc1c(C)cc(Cl)c(C)c1CCC(N)=S. The van der Waals surface area contributed by atoms with Gasteiger partial charge in [0.1, 0.15) is 5.75 Å². The van der Waals surface area contributed by atoms with Crippen molar-refractivity contribution >= 4 is 28.8 Å². The molecule has 0 atom stereocenters. The van der Waals surface area contributed by atoms with E-state index in [4.69, 9.17) is 34.3 Å². The molecule has 94 valence electrons. The Kier molecular flexibility index (Phi) is 5.22. The van der Waals surface area contributed by atoms with Crippen LogP contribution in [0.3, 0.4) is 0 Å². The van der Waals surface area contributed by atoms with Crippen molar-refractivity contribution in [3.05, 3.63) is 27.8 Å². The van der Waals surface area contributed by atoms with Crippen LogP contribution in [0.4, 0.5) is 0 Å². The standard InChI is InChI=1S/C13H18ClNOS/c1-4-16-13-8(2)7-11(14)9(3)10(13)5-6-12(15)17/h7H,4-6H2,1-3H3,(H2,15,17). The lowest BCUT2D eigenvalue weighted by molar-refractivity contribution is 0.334. The summed E-state index contributed by atoms with van der Waals surface area (Å²) in [6.07, 6.45) is 1.45. The highest BCUT2D eigenvalue weighted by Gasteiger charge is 2.13. The molecule has 0 aliphatic rings. The van der Waals surface area contributed by atoms with E-state index in [9.17, 15) is 0 Å². The average Bonchev–Trinajstić information content (AvgIpc) is 2.25. The highest BCUT2D eigenvalue weighted by molar-refractivity contribution is 7.80. The summed E-state index contributed by atoms with van der Waals surface area (Å²) in [5.74, 6) is 0.922. The van der Waals surface area contributed by atoms with Crippen molar-refractivity contribution in [3.63, 3.8) is 0 Å². The molecule has 0 unspecified atom stereocenters. The normalized spacial score (nSPS) is 10.4. The van der Waals surface area contributed by atoms with E-state index in [1.165, 1.54) is 0 Å². The lowest BCUT2D eigenvalue weighted by atomic mass is 9.99. The van der Waals surface area contributed by atoms with Crippen LogP contribution in [-0.2, 0) is 6.42 Å². The van der Waals surface area contributed by atoms with E-state index in [0.717, 1.165) is 33.9 Å². The molecule has 0 amide bonds. The maximum Gasteiger partial charge on any atom is 0.125 e. The molecule has 0 fully saturated rings. The van der Waals surface area contributed by atoms with Crippen LogP contribution in [0, 0.1) is 13.8 Å². The number of hydrogen-bond acceptors (Lipinski definition) is 2. The summed E-state index contributed by atoms with van der Waals surface area (Å²) in [6.45, 7) is 6.61. The van der Waals surface area contributed by atoms with Crippen molar-refractivity contribution in [1.29, 1.82) is 0 Å². The smallest absolute Gasteiger partial charge is 0.125 e. The van der Waals surface area contributed by atoms with E-state index in [0.29, 0.717) is 18.0 Å². The van der Waals surface area contributed by atoms with E-state index in [1.807, 2.05) is 26.8 Å². The summed E-state index contributed by atoms with van der Waals surface area (Å²) in [4.78, 5) is 0.518. The number of rotatable bonds is 5. The third-order valence-corrected chi connectivity index (χ3v) is 3.29. The molecule has 4 heteroatoms. The first-order valence-corrected chi connectivity index (χ1v) is 6.45. The third-order valence-electron chi connectivity index (χ3n) is 2.70. The van der Waals surface area contributed by atoms with Gasteiger partial charge in [0.15, 0.2) is 0 Å². The molecule has 1 aromatic carbocycles. The summed E-state index contributed by atoms with van der Waals surface area (Å²) < 4.78 is 5.69. The van der Waals surface area contributed by atoms with E-state index in [-0.39, 0.29) is 0 Å². The van der Waals surface area contributed by atoms with Crippen molar-refractivity contribution in [2.24, 2.45) is 5.73 Å². The van der Waals surface area contributed by atoms with Crippen LogP contribution in [0.25, 0.3) is 0 Å². The minimum Gasteiger partial charge on any atom is -0.493 e. The van der Waals surface area contributed by atoms with Gasteiger partial charge in [-0.3, -0.25) is 0 Å². The second kappa shape index (κ2) is 6.22. The Morgan fingerprint density at radius 2 is 2.12 bits per heavy atom. The summed E-state index contributed by atoms with van der Waals surface area (Å²) >= 11 is 11.1. The molecule has 0 aliphatic heterocycles. The topological polar surface area (TPSA) is 35.2 Å². The first kappa shape index (κ1) is 14.3. The van der Waals surface area contributed by atoms with Crippen LogP contribution in [0.5, 0.6) is 5.75 Å². The predicted molar refractivity (Wildman–Crippen MR) is 77.2 cm³/mol. The van der Waals surface area contributed by atoms with Crippen LogP contribution in [0.1, 0.15) is 30.0 Å². The van der Waals surface area contributed by atoms with Gasteiger partial charge in [-0.15, -0.1) is 0 Å². The lowest BCUT2D eigenvalue weighted by Crippen LogP contribution is -2.10. The number of nitrogens with two attached hydrogens (primary N) is 1. The predicted octanol–water partition coefficient (Wildman–Crippen LogP) is 3.57. The zero-order valence-corrected chi connectivity index (χ0v) is 12.0. The van der Waals surface area contributed by atoms with Gasteiger partial charge in [-0.1, -0.05) is 23.8 Å². The Bertz CT molecular complexity index is 432. The number of ether oxygens (including phenoxy) is 1. The van der Waals surface area contributed by atoms with Crippen LogP contribution >= 0.6 is 23.8 Å². The fourth-order valence-electron chi connectivity index (χ4n) is 1.81. The number of benzene rings is 1. The Morgan fingerprint density at radius 3 is 2.65 bits per heavy atom. The monoisotopic (exact) mass is 271 g/mol. The van der Waals surface area contributed by atoms with E-state index < -0.39 is 0 Å². The van der Waals surface area contributed by atoms with Gasteiger partial charge >= 0.3 is 0 Å². The summed E-state index contributed by atoms with van der Waals surface area (Å²) in [7, 11) is 0. The number of halogens is 1. The number of thiocarbonyl (C=S) groups is 1. The van der Waals surface area contributed by atoms with Gasteiger partial charge in [-0.25, -0.2) is 0 Å². The molecule has 0 spiro atoms. The van der Waals surface area contributed by atoms with Crippen LogP contribution < -0.4 is 10.5 Å². The van der Waals surface area contributed by atoms with Crippen LogP contribution in [0.2, 0.25) is 5.02 Å². The van der Waals surface area contributed by atoms with Crippen molar-refractivity contribution < 1.29 is 4.74 Å². The van der Waals surface area contributed by atoms with Gasteiger partial charge in [0, 0.05) is 11.4 Å². The Hall–Kier alpha value is -0.800. The first-order chi connectivity index (χ1) is 7.97. The molecular weight excluding hydrogens is 254 g/mol. The fraction of sp³-hybridized carbons (Fsp3) is 0.462. The number of aryl methyl sites for hydroxylation is 1. The molecular formula is C13H18ClNOS. The largest absolute Gasteiger partial charge is 0.493 e. The van der Waals surface area contributed by atoms with Crippen molar-refractivity contribution in [3.8, 4) is 5.75 Å². The van der Waals surface area contributed by atoms with Crippen LogP contribution in [-0.4, -0.2) is 11.6 Å². The van der Waals surface area contributed by atoms with Gasteiger partial charge in [0.25, 0.3) is 0 Å². The Morgan fingerprint density at radius 1 is 1.47 bits per heavy atom. The fourth-order valence-corrected chi connectivity index (χ4v) is 2.19. The van der Waals surface area contributed by atoms with E-state index in [1.54, 1.807) is 0 Å². The molecule has 0 bridgehead atoms. The molecule has 0 heterocycles. The third kappa shape index (κ3) is 3.58. The Balaban J connectivity index is 3.16. The van der Waals surface area contributed by atoms with Gasteiger partial charge < -0.3 is 10.5 Å². The maximum atomic E-state index is 6.19. The molecule has 1 rings (SSSR count). The quantitative estimate of drug-likeness (QED) is 0.832. The van der Waals surface area contributed by atoms with Crippen molar-refractivity contribution in [2.45, 2.75) is 33.6 Å². The molecule has 0 aromatic heterocycles. The summed E-state index contributed by atoms with van der Waals surface area (Å²) in [5.41, 5.74) is 8.77. The zero-order valence-electron chi connectivity index (χ0n) is 10.5. The van der Waals surface area contributed by atoms with Crippen molar-refractivity contribution in [1.82, 2.24) is 0 Å². The highest BCUT2D eigenvalue weighted by Crippen LogP contribution is 2.33. The lowest BCUT2D eigenvalue weighted by Gasteiger charge is -2.16. The summed E-state index contributed by atoms with van der Waals surface area (Å²) in [5, 5.41) is 0.767. The van der Waals surface area contributed by atoms with Gasteiger partial charge in [0.2, 0.25) is 0 Å². The van der Waals surface area contributed by atoms with Gasteiger partial charge in [0.05, 0.1) is 11.6 Å². The maximum absolute atomic E-state index is 6.19. The molecule has 0 radical (unpaired) electrons. The second-order valence-corrected chi connectivity index (χ2v) is 4.94. The van der Waals surface area contributed by atoms with Gasteiger partial charge in [-0.05, 0) is 49.9 Å². The molecule has 2 N–H and O–H groups in total. The highest BCUT2D eigenvalue weighted by atomic mass is 35.5. The molecule has 17 heavy (non-hydrogen) atoms.